The van der Waals surface area contributed by atoms with Crippen LogP contribution in [0.15, 0.2) is 40.0 Å². The summed E-state index contributed by atoms with van der Waals surface area (Å²) in [5, 5.41) is 6.48. The van der Waals surface area contributed by atoms with Crippen LogP contribution in [0.4, 0.5) is 5.69 Å². The lowest BCUT2D eigenvalue weighted by Gasteiger charge is -2.39. The molecule has 0 aromatic heterocycles. The standard InChI is InChI=1S/C19H23N3O5S2/c1-6-26-17(23)15-12(3)21(4)19(28-15)22(13-9-8-10-14(11-13)25-5)20-16(29-19)18(24)27-7-2/h8-11H,6-7H2,1-5H3/t19-/m1/s1. The lowest BCUT2D eigenvalue weighted by atomic mass is 10.3. The topological polar surface area (TPSA) is 80.7 Å². The minimum absolute atomic E-state index is 0.215. The van der Waals surface area contributed by atoms with Gasteiger partial charge in [-0.3, -0.25) is 0 Å². The molecule has 29 heavy (non-hydrogen) atoms. The number of nitrogens with zero attached hydrogens (tertiary/aromatic N) is 3. The van der Waals surface area contributed by atoms with E-state index in [1.165, 1.54) is 23.5 Å². The van der Waals surface area contributed by atoms with Gasteiger partial charge < -0.3 is 19.1 Å². The van der Waals surface area contributed by atoms with Gasteiger partial charge >= 0.3 is 11.9 Å². The number of benzene rings is 1. The predicted octanol–water partition coefficient (Wildman–Crippen LogP) is 3.21. The van der Waals surface area contributed by atoms with E-state index in [1.807, 2.05) is 43.1 Å². The summed E-state index contributed by atoms with van der Waals surface area (Å²) in [5.74, 6) is -0.239. The minimum Gasteiger partial charge on any atom is -0.497 e. The zero-order chi connectivity index (χ0) is 21.2. The number of ether oxygens (including phenoxy) is 3. The van der Waals surface area contributed by atoms with Gasteiger partial charge in [0.1, 0.15) is 10.7 Å². The number of allylic oxidation sites excluding steroid dienone is 1. The van der Waals surface area contributed by atoms with Gasteiger partial charge in [0, 0.05) is 18.8 Å². The van der Waals surface area contributed by atoms with Crippen molar-refractivity contribution in [2.45, 2.75) is 25.1 Å². The first-order chi connectivity index (χ1) is 13.9. The van der Waals surface area contributed by atoms with E-state index in [1.54, 1.807) is 26.0 Å². The number of carbonyl (C=O) groups is 2. The van der Waals surface area contributed by atoms with Crippen molar-refractivity contribution in [1.82, 2.24) is 4.90 Å². The van der Waals surface area contributed by atoms with Crippen LogP contribution in [0.3, 0.4) is 0 Å². The summed E-state index contributed by atoms with van der Waals surface area (Å²) in [7, 11) is 3.44. The van der Waals surface area contributed by atoms with Crippen molar-refractivity contribution >= 4 is 46.2 Å². The lowest BCUT2D eigenvalue weighted by Crippen LogP contribution is -2.47. The van der Waals surface area contributed by atoms with Gasteiger partial charge in [0.15, 0.2) is 0 Å². The lowest BCUT2D eigenvalue weighted by molar-refractivity contribution is -0.137. The molecule has 2 aliphatic heterocycles. The molecule has 3 rings (SSSR count). The van der Waals surface area contributed by atoms with Crippen LogP contribution in [-0.4, -0.2) is 53.6 Å². The van der Waals surface area contributed by atoms with Gasteiger partial charge in [-0.05, 0) is 44.7 Å². The van der Waals surface area contributed by atoms with Crippen LogP contribution in [0.1, 0.15) is 20.8 Å². The Morgan fingerprint density at radius 1 is 1.14 bits per heavy atom. The second kappa shape index (κ2) is 8.58. The summed E-state index contributed by atoms with van der Waals surface area (Å²) >= 11 is 2.53. The van der Waals surface area contributed by atoms with E-state index >= 15 is 0 Å². The first-order valence-electron chi connectivity index (χ1n) is 9.07. The highest BCUT2D eigenvalue weighted by atomic mass is 32.2. The van der Waals surface area contributed by atoms with E-state index in [9.17, 15) is 9.59 Å². The number of hydrazone groups is 1. The first kappa shape index (κ1) is 21.4. The average Bonchev–Trinajstić information content (AvgIpc) is 3.22. The molecule has 0 N–H and O–H groups in total. The summed E-state index contributed by atoms with van der Waals surface area (Å²) in [6.07, 6.45) is 0. The third-order valence-corrected chi connectivity index (χ3v) is 7.42. The molecule has 0 fully saturated rings. The maximum Gasteiger partial charge on any atom is 0.365 e. The van der Waals surface area contributed by atoms with Crippen LogP contribution in [-0.2, 0) is 19.1 Å². The molecule has 10 heteroatoms. The van der Waals surface area contributed by atoms with E-state index in [4.69, 9.17) is 14.2 Å². The summed E-state index contributed by atoms with van der Waals surface area (Å²) < 4.78 is 14.8. The fourth-order valence-electron chi connectivity index (χ4n) is 2.88. The number of rotatable bonds is 6. The van der Waals surface area contributed by atoms with Gasteiger partial charge in [-0.1, -0.05) is 17.8 Å². The van der Waals surface area contributed by atoms with Gasteiger partial charge in [0.25, 0.3) is 0 Å². The molecular formula is C19H23N3O5S2. The molecule has 8 nitrogen and oxygen atoms in total. The summed E-state index contributed by atoms with van der Waals surface area (Å²) in [5.41, 5.74) is 1.46. The molecule has 1 aromatic carbocycles. The van der Waals surface area contributed by atoms with E-state index in [0.717, 1.165) is 5.70 Å². The highest BCUT2D eigenvalue weighted by Crippen LogP contribution is 2.58. The van der Waals surface area contributed by atoms with Gasteiger partial charge in [-0.15, -0.1) is 0 Å². The molecule has 1 aromatic rings. The zero-order valence-corrected chi connectivity index (χ0v) is 18.6. The number of methoxy groups -OCH3 is 1. The molecule has 0 amide bonds. The Hall–Kier alpha value is -2.33. The van der Waals surface area contributed by atoms with Crippen LogP contribution < -0.4 is 9.75 Å². The number of hydrogen-bond acceptors (Lipinski definition) is 10. The van der Waals surface area contributed by atoms with Crippen molar-refractivity contribution in [3.63, 3.8) is 0 Å². The van der Waals surface area contributed by atoms with Gasteiger partial charge in [0.2, 0.25) is 9.37 Å². The van der Waals surface area contributed by atoms with E-state index in [-0.39, 0.29) is 18.3 Å². The maximum absolute atomic E-state index is 12.5. The Kier molecular flexibility index (Phi) is 6.33. The van der Waals surface area contributed by atoms with Crippen molar-refractivity contribution < 1.29 is 23.8 Å². The Morgan fingerprint density at radius 3 is 2.48 bits per heavy atom. The second-order valence-electron chi connectivity index (χ2n) is 6.09. The van der Waals surface area contributed by atoms with Gasteiger partial charge in [-0.2, -0.15) is 5.10 Å². The number of thioether (sulfide) groups is 2. The maximum atomic E-state index is 12.5. The predicted molar refractivity (Wildman–Crippen MR) is 115 cm³/mol. The number of anilines is 1. The molecule has 156 valence electrons. The van der Waals surface area contributed by atoms with E-state index in [2.05, 4.69) is 5.10 Å². The zero-order valence-electron chi connectivity index (χ0n) is 16.9. The molecule has 0 saturated heterocycles. The van der Waals surface area contributed by atoms with Crippen LogP contribution in [0.5, 0.6) is 5.75 Å². The number of esters is 2. The molecular weight excluding hydrogens is 414 g/mol. The summed E-state index contributed by atoms with van der Waals surface area (Å²) in [4.78, 5) is 27.3. The first-order valence-corrected chi connectivity index (χ1v) is 10.7. The third-order valence-electron chi connectivity index (χ3n) is 4.39. The van der Waals surface area contributed by atoms with Crippen LogP contribution >= 0.6 is 23.5 Å². The molecule has 0 radical (unpaired) electrons. The monoisotopic (exact) mass is 437 g/mol. The number of hydrogen-bond donors (Lipinski definition) is 0. The Bertz CT molecular complexity index is 888. The van der Waals surface area contributed by atoms with Gasteiger partial charge in [-0.25, -0.2) is 14.6 Å². The minimum atomic E-state index is -0.902. The molecule has 2 aliphatic rings. The van der Waals surface area contributed by atoms with Crippen molar-refractivity contribution in [1.29, 1.82) is 0 Å². The highest BCUT2D eigenvalue weighted by molar-refractivity contribution is 8.28. The quantitative estimate of drug-likeness (QED) is 0.623. The third kappa shape index (κ3) is 3.78. The van der Waals surface area contributed by atoms with Crippen LogP contribution in [0, 0.1) is 0 Å². The molecule has 1 spiro atoms. The van der Waals surface area contributed by atoms with E-state index < -0.39 is 16.3 Å². The smallest absolute Gasteiger partial charge is 0.365 e. The Labute approximate surface area is 178 Å². The molecule has 1 atom stereocenters. The average molecular weight is 438 g/mol. The molecule has 0 saturated carbocycles. The Balaban J connectivity index is 2.04. The fourth-order valence-corrected chi connectivity index (χ4v) is 5.76. The van der Waals surface area contributed by atoms with Crippen LogP contribution in [0.2, 0.25) is 0 Å². The molecule has 0 unspecified atom stereocenters. The summed E-state index contributed by atoms with van der Waals surface area (Å²) in [6.45, 7) is 5.89. The SMILES string of the molecule is CCOC(=O)C1=NN(c2cccc(OC)c2)[C@@]2(S1)SC(C(=O)OCC)=C(C)N2C. The normalized spacial score (nSPS) is 20.9. The van der Waals surface area contributed by atoms with Crippen LogP contribution in [0.25, 0.3) is 0 Å². The number of carbonyl (C=O) groups excluding carboxylic acids is 2. The molecule has 0 aliphatic carbocycles. The Morgan fingerprint density at radius 2 is 1.83 bits per heavy atom. The van der Waals surface area contributed by atoms with E-state index in [0.29, 0.717) is 16.3 Å². The molecule has 0 bridgehead atoms. The van der Waals surface area contributed by atoms with Crippen molar-refractivity contribution in [2.75, 3.05) is 32.4 Å². The fraction of sp³-hybridized carbons (Fsp3) is 0.421. The van der Waals surface area contributed by atoms with Gasteiger partial charge in [0.05, 0.1) is 26.0 Å². The highest BCUT2D eigenvalue weighted by Gasteiger charge is 2.56. The van der Waals surface area contributed by atoms with Crippen molar-refractivity contribution in [2.24, 2.45) is 5.10 Å². The summed E-state index contributed by atoms with van der Waals surface area (Å²) in [6, 6.07) is 7.37. The largest absolute Gasteiger partial charge is 0.497 e. The van der Waals surface area contributed by atoms with Crippen molar-refractivity contribution in [3.05, 3.63) is 34.9 Å². The molecule has 2 heterocycles. The van der Waals surface area contributed by atoms with Crippen molar-refractivity contribution in [3.8, 4) is 5.75 Å². The second-order valence-corrected chi connectivity index (χ2v) is 8.69.